The van der Waals surface area contributed by atoms with Crippen LogP contribution in [0, 0.1) is 6.92 Å². The van der Waals surface area contributed by atoms with Crippen molar-refractivity contribution in [2.24, 2.45) is 5.73 Å². The monoisotopic (exact) mass is 571 g/mol. The van der Waals surface area contributed by atoms with Gasteiger partial charge in [0.15, 0.2) is 5.69 Å². The van der Waals surface area contributed by atoms with Crippen molar-refractivity contribution in [3.8, 4) is 27.3 Å². The average molecular weight is 572 g/mol. The summed E-state index contributed by atoms with van der Waals surface area (Å²) in [6.45, 7) is 4.91. The third-order valence-corrected chi connectivity index (χ3v) is 7.73. The number of aryl methyl sites for hydroxylation is 1. The fourth-order valence-corrected chi connectivity index (χ4v) is 5.65. The molecule has 3 aromatic heterocycles. The summed E-state index contributed by atoms with van der Waals surface area (Å²) in [5.74, 6) is -1.40. The number of ether oxygens (including phenoxy) is 1. The van der Waals surface area contributed by atoms with E-state index in [0.29, 0.717) is 43.2 Å². The maximum absolute atomic E-state index is 13.9. The van der Waals surface area contributed by atoms with Gasteiger partial charge in [0.2, 0.25) is 0 Å². The van der Waals surface area contributed by atoms with E-state index in [1.807, 2.05) is 31.4 Å². The zero-order chi connectivity index (χ0) is 29.1. The third-order valence-electron chi connectivity index (χ3n) is 6.74. The molecule has 0 fully saturated rings. The molecule has 0 saturated heterocycles. The van der Waals surface area contributed by atoms with Crippen LogP contribution in [0.3, 0.4) is 0 Å². The Bertz CT molecular complexity index is 1670. The van der Waals surface area contributed by atoms with Gasteiger partial charge in [-0.3, -0.25) is 9.59 Å². The lowest BCUT2D eigenvalue weighted by Crippen LogP contribution is -2.25. The number of carboxylic acid groups (broad SMARTS) is 1. The largest absolute Gasteiger partial charge is 0.493 e. The van der Waals surface area contributed by atoms with Crippen LogP contribution >= 0.6 is 11.3 Å². The van der Waals surface area contributed by atoms with Gasteiger partial charge in [-0.05, 0) is 71.8 Å². The highest BCUT2D eigenvalue weighted by atomic mass is 32.1. The number of carbonyl (C=O) groups excluding carboxylic acids is 2. The molecule has 0 saturated carbocycles. The Labute approximate surface area is 240 Å². The van der Waals surface area contributed by atoms with E-state index in [-0.39, 0.29) is 22.5 Å². The van der Waals surface area contributed by atoms with Crippen LogP contribution in [0.4, 0.5) is 5.82 Å². The van der Waals surface area contributed by atoms with Crippen LogP contribution in [0.1, 0.15) is 61.4 Å². The lowest BCUT2D eigenvalue weighted by atomic mass is 9.93. The first kappa shape index (κ1) is 27.9. The molecular weight excluding hydrogens is 542 g/mol. The molecule has 1 aliphatic rings. The third kappa shape index (κ3) is 5.67. The molecule has 4 heterocycles. The summed E-state index contributed by atoms with van der Waals surface area (Å²) in [7, 11) is 0. The summed E-state index contributed by atoms with van der Waals surface area (Å²) in [6.07, 6.45) is 3.02. The second-order valence-electron chi connectivity index (χ2n) is 9.59. The number of aromatic carboxylic acids is 1. The van der Waals surface area contributed by atoms with Crippen molar-refractivity contribution in [1.29, 1.82) is 0 Å². The van der Waals surface area contributed by atoms with Gasteiger partial charge in [-0.25, -0.2) is 14.8 Å². The lowest BCUT2D eigenvalue weighted by molar-refractivity contribution is 0.0691. The number of hydrogen-bond acceptors (Lipinski definition) is 8. The van der Waals surface area contributed by atoms with E-state index in [0.717, 1.165) is 33.6 Å². The number of carboxylic acids is 1. The van der Waals surface area contributed by atoms with Gasteiger partial charge in [0.25, 0.3) is 11.8 Å². The first-order valence-corrected chi connectivity index (χ1v) is 14.1. The number of nitrogens with one attached hydrogen (secondary N) is 2. The quantitative estimate of drug-likeness (QED) is 0.238. The van der Waals surface area contributed by atoms with E-state index in [1.54, 1.807) is 29.7 Å². The summed E-state index contributed by atoms with van der Waals surface area (Å²) >= 11 is 1.55. The number of fused-ring (bicyclic) bond motifs is 3. The van der Waals surface area contributed by atoms with Crippen LogP contribution in [0.5, 0.6) is 5.75 Å². The minimum absolute atomic E-state index is 0.0281. The summed E-state index contributed by atoms with van der Waals surface area (Å²) in [5, 5.41) is 17.7. The number of rotatable bonds is 8. The van der Waals surface area contributed by atoms with E-state index >= 15 is 0 Å². The highest BCUT2D eigenvalue weighted by Gasteiger charge is 2.27. The van der Waals surface area contributed by atoms with Gasteiger partial charge in [0.1, 0.15) is 17.3 Å². The molecule has 5 N–H and O–H groups in total. The molecule has 1 aromatic carbocycles. The molecule has 41 heavy (non-hydrogen) atoms. The molecule has 0 radical (unpaired) electrons. The molecule has 0 bridgehead atoms. The van der Waals surface area contributed by atoms with Gasteiger partial charge >= 0.3 is 5.97 Å². The molecule has 1 aliphatic heterocycles. The molecule has 4 aromatic rings. The maximum Gasteiger partial charge on any atom is 0.355 e. The molecule has 210 valence electrons. The molecule has 0 unspecified atom stereocenters. The van der Waals surface area contributed by atoms with Gasteiger partial charge in [0, 0.05) is 52.8 Å². The Kier molecular flexibility index (Phi) is 8.09. The Balaban J connectivity index is 1.66. The standard InChI is InChI=1S/C30H29N5O5S/c1-3-8-32-29(37)23-5-4-19(25(34-23)30(38)39)20-13-24-22(26-18(6-9-40-24)7-10-41-26)12-21(20)28(36)35-27-16(2)11-17(14-31)15-33-27/h4-5,7,10-13,15H,3,6,8-9,14,31H2,1-2H3,(H,32,37)(H,38,39)(H,33,35,36). The highest BCUT2D eigenvalue weighted by Crippen LogP contribution is 2.43. The Morgan fingerprint density at radius 1 is 1.10 bits per heavy atom. The summed E-state index contributed by atoms with van der Waals surface area (Å²) in [5.41, 5.74) is 9.46. The zero-order valence-electron chi connectivity index (χ0n) is 22.6. The fraction of sp³-hybridized carbons (Fsp3) is 0.233. The number of pyridine rings is 2. The number of thiophene rings is 1. The fourth-order valence-electron chi connectivity index (χ4n) is 4.67. The number of aromatic nitrogens is 2. The minimum Gasteiger partial charge on any atom is -0.493 e. The Hall–Kier alpha value is -4.61. The van der Waals surface area contributed by atoms with Crippen molar-refractivity contribution < 1.29 is 24.2 Å². The number of anilines is 1. The number of benzene rings is 1. The number of hydrogen-bond donors (Lipinski definition) is 4. The van der Waals surface area contributed by atoms with Gasteiger partial charge in [-0.1, -0.05) is 6.92 Å². The first-order chi connectivity index (χ1) is 19.8. The van der Waals surface area contributed by atoms with Crippen LogP contribution in [0.15, 0.2) is 48.0 Å². The molecule has 5 rings (SSSR count). The highest BCUT2D eigenvalue weighted by molar-refractivity contribution is 7.13. The average Bonchev–Trinajstić information content (AvgIpc) is 3.37. The predicted octanol–water partition coefficient (Wildman–Crippen LogP) is 4.66. The van der Waals surface area contributed by atoms with E-state index in [9.17, 15) is 19.5 Å². The molecule has 2 amide bonds. The summed E-state index contributed by atoms with van der Waals surface area (Å²) < 4.78 is 6.07. The van der Waals surface area contributed by atoms with Crippen molar-refractivity contribution in [2.75, 3.05) is 18.5 Å². The van der Waals surface area contributed by atoms with E-state index in [2.05, 4.69) is 20.6 Å². The smallest absolute Gasteiger partial charge is 0.355 e. The van der Waals surface area contributed by atoms with Gasteiger partial charge in [-0.15, -0.1) is 11.3 Å². The van der Waals surface area contributed by atoms with Gasteiger partial charge < -0.3 is 26.2 Å². The molecule has 11 heteroatoms. The van der Waals surface area contributed by atoms with Crippen LogP contribution in [-0.2, 0) is 13.0 Å². The van der Waals surface area contributed by atoms with Crippen molar-refractivity contribution in [3.05, 3.63) is 81.6 Å². The normalized spacial score (nSPS) is 12.0. The van der Waals surface area contributed by atoms with Crippen molar-refractivity contribution in [3.63, 3.8) is 0 Å². The predicted molar refractivity (Wildman–Crippen MR) is 157 cm³/mol. The van der Waals surface area contributed by atoms with E-state index in [1.165, 1.54) is 12.1 Å². The lowest BCUT2D eigenvalue weighted by Gasteiger charge is -2.17. The summed E-state index contributed by atoms with van der Waals surface area (Å²) in [6, 6.07) is 10.2. The van der Waals surface area contributed by atoms with Crippen molar-refractivity contribution in [1.82, 2.24) is 15.3 Å². The van der Waals surface area contributed by atoms with Crippen LogP contribution in [0.2, 0.25) is 0 Å². The molecule has 10 nitrogen and oxygen atoms in total. The molecule has 0 atom stereocenters. The topological polar surface area (TPSA) is 157 Å². The molecule has 0 spiro atoms. The second-order valence-corrected chi connectivity index (χ2v) is 10.5. The van der Waals surface area contributed by atoms with Crippen molar-refractivity contribution >= 4 is 34.9 Å². The SMILES string of the molecule is CCCNC(=O)c1ccc(-c2cc3c(cc2C(=O)Nc2ncc(CN)cc2C)-c2sccc2CCO3)c(C(=O)O)n1. The Morgan fingerprint density at radius 2 is 1.93 bits per heavy atom. The van der Waals surface area contributed by atoms with E-state index in [4.69, 9.17) is 10.5 Å². The molecule has 0 aliphatic carbocycles. The molecular formula is C30H29N5O5S. The van der Waals surface area contributed by atoms with Crippen LogP contribution in [0.25, 0.3) is 21.6 Å². The van der Waals surface area contributed by atoms with Crippen LogP contribution in [-0.4, -0.2) is 46.0 Å². The van der Waals surface area contributed by atoms with Crippen molar-refractivity contribution in [2.45, 2.75) is 33.2 Å². The zero-order valence-corrected chi connectivity index (χ0v) is 23.4. The van der Waals surface area contributed by atoms with Gasteiger partial charge in [0.05, 0.1) is 6.61 Å². The second kappa shape index (κ2) is 11.9. The maximum atomic E-state index is 13.9. The summed E-state index contributed by atoms with van der Waals surface area (Å²) in [4.78, 5) is 48.3. The minimum atomic E-state index is -1.33. The number of carbonyl (C=O) groups is 3. The number of nitrogens with two attached hydrogens (primary N) is 1. The van der Waals surface area contributed by atoms with Gasteiger partial charge in [-0.2, -0.15) is 0 Å². The van der Waals surface area contributed by atoms with E-state index < -0.39 is 17.8 Å². The number of nitrogens with zero attached hydrogens (tertiary/aromatic N) is 2. The first-order valence-electron chi connectivity index (χ1n) is 13.2. The van der Waals surface area contributed by atoms with Crippen LogP contribution < -0.4 is 21.1 Å². The Morgan fingerprint density at radius 3 is 2.66 bits per heavy atom. The number of amides is 2.